The van der Waals surface area contributed by atoms with Crippen LogP contribution in [0.1, 0.15) is 28.8 Å². The summed E-state index contributed by atoms with van der Waals surface area (Å²) < 4.78 is 37.5. The summed E-state index contributed by atoms with van der Waals surface area (Å²) >= 11 is 0. The molecule has 2 rings (SSSR count). The minimum absolute atomic E-state index is 0.0222. The zero-order chi connectivity index (χ0) is 17.0. The van der Waals surface area contributed by atoms with Crippen molar-refractivity contribution in [2.45, 2.75) is 25.4 Å². The lowest BCUT2D eigenvalue weighted by Crippen LogP contribution is -2.36. The van der Waals surface area contributed by atoms with Crippen LogP contribution >= 0.6 is 0 Å². The van der Waals surface area contributed by atoms with E-state index in [0.717, 1.165) is 11.6 Å². The van der Waals surface area contributed by atoms with Crippen molar-refractivity contribution < 1.29 is 27.9 Å². The third kappa shape index (κ3) is 4.58. The molecule has 1 aromatic carbocycles. The molecule has 1 amide bonds. The average Bonchev–Trinajstić information content (AvgIpc) is 2.52. The lowest BCUT2D eigenvalue weighted by atomic mass is 10.0. The highest BCUT2D eigenvalue weighted by atomic mass is 19.4. The molecule has 7 heteroatoms. The molecule has 0 atom stereocenters. The van der Waals surface area contributed by atoms with Crippen molar-refractivity contribution >= 4 is 11.9 Å². The first-order valence-electron chi connectivity index (χ1n) is 7.13. The molecule has 0 aromatic heterocycles. The number of carboxylic acids is 1. The van der Waals surface area contributed by atoms with Crippen molar-refractivity contribution in [3.05, 3.63) is 47.0 Å². The van der Waals surface area contributed by atoms with Crippen LogP contribution in [0, 0.1) is 0 Å². The second-order valence-corrected chi connectivity index (χ2v) is 5.32. The quantitative estimate of drug-likeness (QED) is 0.865. The molecule has 1 aliphatic heterocycles. The Balaban J connectivity index is 1.86. The van der Waals surface area contributed by atoms with Gasteiger partial charge in [-0.2, -0.15) is 13.2 Å². The Hall–Kier alpha value is -2.31. The van der Waals surface area contributed by atoms with Crippen LogP contribution in [0.3, 0.4) is 0 Å². The van der Waals surface area contributed by atoms with Gasteiger partial charge in [0.2, 0.25) is 5.91 Å². The van der Waals surface area contributed by atoms with E-state index in [4.69, 9.17) is 5.11 Å². The topological polar surface area (TPSA) is 57.6 Å². The summed E-state index contributed by atoms with van der Waals surface area (Å²) in [6, 6.07) is 6.19. The number of hydrogen-bond donors (Lipinski definition) is 1. The first-order valence-corrected chi connectivity index (χ1v) is 7.13. The Morgan fingerprint density at radius 2 is 1.83 bits per heavy atom. The highest BCUT2D eigenvalue weighted by Crippen LogP contribution is 2.30. The van der Waals surface area contributed by atoms with Gasteiger partial charge in [-0.05, 0) is 30.5 Å². The van der Waals surface area contributed by atoms with Gasteiger partial charge in [0.1, 0.15) is 0 Å². The lowest BCUT2D eigenvalue weighted by Gasteiger charge is -2.27. The van der Waals surface area contributed by atoms with E-state index in [9.17, 15) is 22.8 Å². The van der Waals surface area contributed by atoms with Gasteiger partial charge in [-0.25, -0.2) is 4.79 Å². The van der Waals surface area contributed by atoms with E-state index in [0.29, 0.717) is 6.42 Å². The van der Waals surface area contributed by atoms with Crippen LogP contribution in [0.25, 0.3) is 0 Å². The Labute approximate surface area is 131 Å². The maximum atomic E-state index is 12.5. The third-order valence-corrected chi connectivity index (χ3v) is 3.75. The number of amides is 1. The van der Waals surface area contributed by atoms with Crippen molar-refractivity contribution in [2.24, 2.45) is 0 Å². The van der Waals surface area contributed by atoms with Gasteiger partial charge in [0, 0.05) is 25.1 Å². The molecule has 23 heavy (non-hydrogen) atoms. The number of benzene rings is 1. The molecule has 0 unspecified atom stereocenters. The molecule has 124 valence electrons. The number of carboxylic acid groups (broad SMARTS) is 1. The molecule has 1 aliphatic rings. The van der Waals surface area contributed by atoms with Crippen LogP contribution in [0.5, 0.6) is 0 Å². The molecule has 0 aliphatic carbocycles. The maximum Gasteiger partial charge on any atom is 0.412 e. The summed E-state index contributed by atoms with van der Waals surface area (Å²) in [6.07, 6.45) is -2.83. The summed E-state index contributed by atoms with van der Waals surface area (Å²) in [6.45, 7) is 0.0494. The number of aromatic carboxylic acids is 1. The van der Waals surface area contributed by atoms with Gasteiger partial charge < -0.3 is 10.0 Å². The molecule has 0 saturated heterocycles. The van der Waals surface area contributed by atoms with Gasteiger partial charge in [-0.1, -0.05) is 18.2 Å². The number of nitrogens with zero attached hydrogens (tertiary/aromatic N) is 1. The Bertz CT molecular complexity index is 620. The number of carbonyl (C=O) groups excluding carboxylic acids is 1. The van der Waals surface area contributed by atoms with Crippen LogP contribution in [-0.4, -0.2) is 41.1 Å². The molecule has 0 spiro atoms. The van der Waals surface area contributed by atoms with Crippen molar-refractivity contribution in [1.29, 1.82) is 0 Å². The number of alkyl halides is 3. The predicted molar refractivity (Wildman–Crippen MR) is 77.1 cm³/mol. The first kappa shape index (κ1) is 17.1. The molecule has 0 fully saturated rings. The summed E-state index contributed by atoms with van der Waals surface area (Å²) in [5.41, 5.74) is 0.401. The monoisotopic (exact) mass is 327 g/mol. The molecular weight excluding hydrogens is 311 g/mol. The summed E-state index contributed by atoms with van der Waals surface area (Å²) in [5.74, 6) is -1.22. The second kappa shape index (κ2) is 6.85. The number of aryl methyl sites for hydroxylation is 1. The first-order chi connectivity index (χ1) is 10.8. The summed E-state index contributed by atoms with van der Waals surface area (Å²) in [7, 11) is 0. The molecule has 0 bridgehead atoms. The SMILES string of the molecule is O=C(O)c1ccc(CCC(=O)N2CC=C(C(F)(F)F)CC2)cc1. The lowest BCUT2D eigenvalue weighted by molar-refractivity contribution is -0.132. The van der Waals surface area contributed by atoms with Crippen molar-refractivity contribution in [2.75, 3.05) is 13.1 Å². The van der Waals surface area contributed by atoms with Gasteiger partial charge in [0.25, 0.3) is 0 Å². The average molecular weight is 327 g/mol. The molecule has 1 N–H and O–H groups in total. The Kier molecular flexibility index (Phi) is 5.08. The Morgan fingerprint density at radius 3 is 2.30 bits per heavy atom. The zero-order valence-corrected chi connectivity index (χ0v) is 12.3. The minimum Gasteiger partial charge on any atom is -0.478 e. The molecule has 1 aromatic rings. The third-order valence-electron chi connectivity index (χ3n) is 3.75. The standard InChI is InChI=1S/C16H16F3NO3/c17-16(18,19)13-7-9-20(10-8-13)14(21)6-3-11-1-4-12(5-2-11)15(22)23/h1-2,4-5,7H,3,6,8-10H2,(H,22,23). The van der Waals surface area contributed by atoms with Gasteiger partial charge in [-0.3, -0.25) is 4.79 Å². The molecule has 0 saturated carbocycles. The maximum absolute atomic E-state index is 12.5. The van der Waals surface area contributed by atoms with Gasteiger partial charge in [0.05, 0.1) is 5.56 Å². The number of hydrogen-bond acceptors (Lipinski definition) is 2. The molecule has 0 radical (unpaired) electrons. The highest BCUT2D eigenvalue weighted by Gasteiger charge is 2.35. The van der Waals surface area contributed by atoms with Crippen LogP contribution in [0.2, 0.25) is 0 Å². The minimum atomic E-state index is -4.32. The van der Waals surface area contributed by atoms with Gasteiger partial charge in [0.15, 0.2) is 0 Å². The van der Waals surface area contributed by atoms with Crippen LogP contribution in [-0.2, 0) is 11.2 Å². The second-order valence-electron chi connectivity index (χ2n) is 5.32. The van der Waals surface area contributed by atoms with E-state index < -0.39 is 17.7 Å². The van der Waals surface area contributed by atoms with Crippen molar-refractivity contribution in [1.82, 2.24) is 4.90 Å². The predicted octanol–water partition coefficient (Wildman–Crippen LogP) is 3.04. The van der Waals surface area contributed by atoms with E-state index in [1.54, 1.807) is 12.1 Å². The smallest absolute Gasteiger partial charge is 0.412 e. The fraction of sp³-hybridized carbons (Fsp3) is 0.375. The molecule has 1 heterocycles. The molecular formula is C16H16F3NO3. The molecule has 4 nitrogen and oxygen atoms in total. The van der Waals surface area contributed by atoms with Crippen LogP contribution in [0.4, 0.5) is 13.2 Å². The van der Waals surface area contributed by atoms with Gasteiger partial charge >= 0.3 is 12.1 Å². The summed E-state index contributed by atoms with van der Waals surface area (Å²) in [4.78, 5) is 24.2. The normalized spacial score (nSPS) is 15.3. The highest BCUT2D eigenvalue weighted by molar-refractivity contribution is 5.87. The number of rotatable bonds is 4. The van der Waals surface area contributed by atoms with Crippen LogP contribution in [0.15, 0.2) is 35.9 Å². The van der Waals surface area contributed by atoms with E-state index in [1.807, 2.05) is 0 Å². The fourth-order valence-corrected chi connectivity index (χ4v) is 2.38. The number of halogens is 3. The van der Waals surface area contributed by atoms with Gasteiger partial charge in [-0.15, -0.1) is 0 Å². The van der Waals surface area contributed by atoms with E-state index in [1.165, 1.54) is 17.0 Å². The zero-order valence-electron chi connectivity index (χ0n) is 12.3. The van der Waals surface area contributed by atoms with E-state index >= 15 is 0 Å². The number of carbonyl (C=O) groups is 2. The largest absolute Gasteiger partial charge is 0.478 e. The summed E-state index contributed by atoms with van der Waals surface area (Å²) in [5, 5.41) is 8.80. The Morgan fingerprint density at radius 1 is 1.17 bits per heavy atom. The van der Waals surface area contributed by atoms with E-state index in [2.05, 4.69) is 0 Å². The van der Waals surface area contributed by atoms with Crippen molar-refractivity contribution in [3.8, 4) is 0 Å². The van der Waals surface area contributed by atoms with E-state index in [-0.39, 0.29) is 37.4 Å². The van der Waals surface area contributed by atoms with Crippen molar-refractivity contribution in [3.63, 3.8) is 0 Å². The fourth-order valence-electron chi connectivity index (χ4n) is 2.38. The van der Waals surface area contributed by atoms with Crippen LogP contribution < -0.4 is 0 Å².